The predicted molar refractivity (Wildman–Crippen MR) is 185 cm³/mol. The van der Waals surface area contributed by atoms with E-state index in [9.17, 15) is 0 Å². The smallest absolute Gasteiger partial charge is 0.135 e. The van der Waals surface area contributed by atoms with E-state index in [1.165, 1.54) is 49.6 Å². The van der Waals surface area contributed by atoms with Gasteiger partial charge in [0.2, 0.25) is 0 Å². The third kappa shape index (κ3) is 3.86. The van der Waals surface area contributed by atoms with E-state index in [4.69, 9.17) is 9.41 Å². The molecule has 8 aromatic rings. The van der Waals surface area contributed by atoms with Gasteiger partial charge in [-0.25, -0.2) is 0 Å². The molecule has 0 amide bonds. The van der Waals surface area contributed by atoms with Crippen LogP contribution in [0.3, 0.4) is 0 Å². The van der Waals surface area contributed by atoms with Gasteiger partial charge in [0.25, 0.3) is 0 Å². The lowest BCUT2D eigenvalue weighted by molar-refractivity contribution is 0.669. The van der Waals surface area contributed by atoms with Crippen molar-refractivity contribution in [2.24, 2.45) is 4.99 Å². The number of furan rings is 1. The fourth-order valence-corrected chi connectivity index (χ4v) is 6.86. The second kappa shape index (κ2) is 9.68. The summed E-state index contributed by atoms with van der Waals surface area (Å²) in [6.07, 6.45) is 5.22. The minimum Gasteiger partial charge on any atom is -0.456 e. The van der Waals surface area contributed by atoms with Gasteiger partial charge in [-0.15, -0.1) is 0 Å². The summed E-state index contributed by atoms with van der Waals surface area (Å²) < 4.78 is 8.58. The lowest BCUT2D eigenvalue weighted by atomic mass is 9.96. The number of aryl methyl sites for hydroxylation is 1. The first-order chi connectivity index (χ1) is 21.7. The van der Waals surface area contributed by atoms with Gasteiger partial charge >= 0.3 is 0 Å². The van der Waals surface area contributed by atoms with Crippen LogP contribution in [-0.4, -0.2) is 10.3 Å². The Bertz CT molecular complexity index is 2490. The molecule has 9 rings (SSSR count). The van der Waals surface area contributed by atoms with E-state index in [1.807, 2.05) is 12.1 Å². The monoisotopic (exact) mass is 564 g/mol. The highest BCUT2D eigenvalue weighted by Gasteiger charge is 2.22. The van der Waals surface area contributed by atoms with E-state index >= 15 is 0 Å². The summed E-state index contributed by atoms with van der Waals surface area (Å²) >= 11 is 0. The highest BCUT2D eigenvalue weighted by atomic mass is 16.3. The lowest BCUT2D eigenvalue weighted by Gasteiger charge is -2.16. The average Bonchev–Trinajstić information content (AvgIpc) is 3.60. The Morgan fingerprint density at radius 1 is 0.636 bits per heavy atom. The van der Waals surface area contributed by atoms with Crippen molar-refractivity contribution in [3.05, 3.63) is 150 Å². The Balaban J connectivity index is 1.25. The van der Waals surface area contributed by atoms with Gasteiger partial charge in [0, 0.05) is 34.0 Å². The molecule has 2 heterocycles. The third-order valence-corrected chi connectivity index (χ3v) is 8.98. The summed E-state index contributed by atoms with van der Waals surface area (Å²) in [7, 11) is 0. The van der Waals surface area contributed by atoms with Crippen LogP contribution in [0.15, 0.2) is 143 Å². The van der Waals surface area contributed by atoms with Gasteiger partial charge in [-0.05, 0) is 94.6 Å². The molecular formula is C41H28N2O. The maximum atomic E-state index is 6.16. The van der Waals surface area contributed by atoms with Crippen molar-refractivity contribution < 1.29 is 4.42 Å². The number of benzene rings is 6. The minimum absolute atomic E-state index is 0.790. The Morgan fingerprint density at radius 3 is 2.30 bits per heavy atom. The molecule has 0 N–H and O–H groups in total. The summed E-state index contributed by atoms with van der Waals surface area (Å²) in [6, 6.07) is 45.3. The SMILES string of the molecule is Cc1ccccc1/N=C1/C=Cc2c(c3ccccc3n2-c2cc(-c3ccc4oc5ccccc5c4c3)c3ccccc3c2)C1. The van der Waals surface area contributed by atoms with Crippen molar-refractivity contribution in [1.29, 1.82) is 0 Å². The van der Waals surface area contributed by atoms with Crippen LogP contribution in [0, 0.1) is 6.92 Å². The highest BCUT2D eigenvalue weighted by molar-refractivity contribution is 6.09. The normalized spacial score (nSPS) is 13.9. The number of rotatable bonds is 3. The zero-order valence-corrected chi connectivity index (χ0v) is 24.3. The van der Waals surface area contributed by atoms with Crippen LogP contribution in [0.5, 0.6) is 0 Å². The van der Waals surface area contributed by atoms with Gasteiger partial charge in [-0.1, -0.05) is 84.9 Å². The molecule has 0 saturated carbocycles. The van der Waals surface area contributed by atoms with Gasteiger partial charge in [0.15, 0.2) is 0 Å². The van der Waals surface area contributed by atoms with E-state index in [-0.39, 0.29) is 0 Å². The molecule has 0 bridgehead atoms. The molecule has 6 aromatic carbocycles. The number of para-hydroxylation sites is 3. The van der Waals surface area contributed by atoms with E-state index in [2.05, 4.69) is 139 Å². The second-order valence-electron chi connectivity index (χ2n) is 11.6. The Hall–Kier alpha value is -5.67. The Labute approximate surface area is 255 Å². The molecule has 1 aliphatic carbocycles. The maximum Gasteiger partial charge on any atom is 0.135 e. The molecular weight excluding hydrogens is 536 g/mol. The van der Waals surface area contributed by atoms with Gasteiger partial charge in [-0.2, -0.15) is 0 Å². The summed E-state index contributed by atoms with van der Waals surface area (Å²) in [5, 5.41) is 6.00. The van der Waals surface area contributed by atoms with Crippen molar-refractivity contribution in [3.63, 3.8) is 0 Å². The molecule has 2 aromatic heterocycles. The molecule has 44 heavy (non-hydrogen) atoms. The molecule has 3 nitrogen and oxygen atoms in total. The van der Waals surface area contributed by atoms with Crippen LogP contribution in [0.1, 0.15) is 16.8 Å². The van der Waals surface area contributed by atoms with Crippen molar-refractivity contribution >= 4 is 61.1 Å². The number of nitrogens with zero attached hydrogens (tertiary/aromatic N) is 2. The van der Waals surface area contributed by atoms with Crippen LogP contribution >= 0.6 is 0 Å². The lowest BCUT2D eigenvalue weighted by Crippen LogP contribution is -2.07. The molecule has 0 radical (unpaired) electrons. The molecule has 0 fully saturated rings. The summed E-state index contributed by atoms with van der Waals surface area (Å²) in [5.74, 6) is 0. The average molecular weight is 565 g/mol. The van der Waals surface area contributed by atoms with E-state index in [1.54, 1.807) is 0 Å². The van der Waals surface area contributed by atoms with E-state index in [0.717, 1.165) is 45.4 Å². The number of aromatic nitrogens is 1. The maximum absolute atomic E-state index is 6.16. The van der Waals surface area contributed by atoms with Gasteiger partial charge in [0.1, 0.15) is 11.2 Å². The molecule has 3 heteroatoms. The van der Waals surface area contributed by atoms with E-state index < -0.39 is 0 Å². The van der Waals surface area contributed by atoms with Crippen LogP contribution in [0.4, 0.5) is 5.69 Å². The van der Waals surface area contributed by atoms with Gasteiger partial charge in [0.05, 0.1) is 16.9 Å². The summed E-state index contributed by atoms with van der Waals surface area (Å²) in [6.45, 7) is 2.12. The van der Waals surface area contributed by atoms with Crippen LogP contribution in [0.25, 0.3) is 66.5 Å². The van der Waals surface area contributed by atoms with Crippen molar-refractivity contribution in [2.45, 2.75) is 13.3 Å². The Morgan fingerprint density at radius 2 is 1.39 bits per heavy atom. The minimum atomic E-state index is 0.790. The van der Waals surface area contributed by atoms with Gasteiger partial charge < -0.3 is 8.98 Å². The highest BCUT2D eigenvalue weighted by Crippen LogP contribution is 2.39. The number of hydrogen-bond acceptors (Lipinski definition) is 2. The standard InChI is InChI=1S/C41H28N2O/c1-26-10-2-7-15-37(26)42-29-19-20-39-35(24-29)32-13-5-8-16-38(32)43(39)30-22-27-11-3-4-12-31(27)34(25-30)28-18-21-41-36(23-28)33-14-6-9-17-40(33)44-41/h2-23,25H,24H2,1H3/b42-29-. The zero-order chi connectivity index (χ0) is 29.2. The number of allylic oxidation sites excluding steroid dienone is 1. The Kier molecular flexibility index (Phi) is 5.48. The number of fused-ring (bicyclic) bond motifs is 7. The molecule has 0 atom stereocenters. The van der Waals surface area contributed by atoms with Crippen molar-refractivity contribution in [2.75, 3.05) is 0 Å². The molecule has 0 aliphatic heterocycles. The summed E-state index contributed by atoms with van der Waals surface area (Å²) in [5.41, 5.74) is 12.4. The predicted octanol–water partition coefficient (Wildman–Crippen LogP) is 11.0. The molecule has 1 aliphatic rings. The number of aliphatic imine (C=N–C) groups is 1. The molecule has 0 unspecified atom stereocenters. The molecule has 0 saturated heterocycles. The first kappa shape index (κ1) is 24.9. The third-order valence-electron chi connectivity index (χ3n) is 8.98. The van der Waals surface area contributed by atoms with Gasteiger partial charge in [-0.3, -0.25) is 4.99 Å². The van der Waals surface area contributed by atoms with Crippen LogP contribution < -0.4 is 0 Å². The molecule has 208 valence electrons. The zero-order valence-electron chi connectivity index (χ0n) is 24.3. The fourth-order valence-electron chi connectivity index (χ4n) is 6.86. The van der Waals surface area contributed by atoms with Crippen molar-refractivity contribution in [1.82, 2.24) is 4.57 Å². The second-order valence-corrected chi connectivity index (χ2v) is 11.6. The molecule has 0 spiro atoms. The topological polar surface area (TPSA) is 30.4 Å². The van der Waals surface area contributed by atoms with Crippen LogP contribution in [-0.2, 0) is 6.42 Å². The van der Waals surface area contributed by atoms with E-state index in [0.29, 0.717) is 0 Å². The largest absolute Gasteiger partial charge is 0.456 e. The number of hydrogen-bond donors (Lipinski definition) is 0. The first-order valence-electron chi connectivity index (χ1n) is 15.1. The van der Waals surface area contributed by atoms with Crippen LogP contribution in [0.2, 0.25) is 0 Å². The fraction of sp³-hybridized carbons (Fsp3) is 0.0488. The van der Waals surface area contributed by atoms with Crippen molar-refractivity contribution in [3.8, 4) is 16.8 Å². The quantitative estimate of drug-likeness (QED) is 0.210. The first-order valence-corrected chi connectivity index (χ1v) is 15.1. The summed E-state index contributed by atoms with van der Waals surface area (Å²) in [4.78, 5) is 5.05.